The number of aryl methyl sites for hydroxylation is 2. The van der Waals surface area contributed by atoms with Crippen molar-refractivity contribution >= 4 is 17.7 Å². The van der Waals surface area contributed by atoms with E-state index in [1.54, 1.807) is 34.7 Å². The summed E-state index contributed by atoms with van der Waals surface area (Å²) in [6, 6.07) is 9.99. The van der Waals surface area contributed by atoms with Gasteiger partial charge in [0.05, 0.1) is 13.2 Å². The monoisotopic (exact) mass is 439 g/mol. The van der Waals surface area contributed by atoms with E-state index in [4.69, 9.17) is 4.74 Å². The number of fused-ring (bicyclic) bond motifs is 1. The molecule has 1 aromatic carbocycles. The largest absolute Gasteiger partial charge is 0.383 e. The highest BCUT2D eigenvalue weighted by atomic mass is 16.5. The highest BCUT2D eigenvalue weighted by Gasteiger charge is 2.48. The summed E-state index contributed by atoms with van der Waals surface area (Å²) in [5.74, 6) is -0.662. The molecule has 3 heterocycles. The first-order chi connectivity index (χ1) is 15.4. The number of amides is 3. The molecule has 0 unspecified atom stereocenters. The van der Waals surface area contributed by atoms with Crippen molar-refractivity contribution in [1.29, 1.82) is 0 Å². The van der Waals surface area contributed by atoms with Crippen molar-refractivity contribution in [3.63, 3.8) is 0 Å². The Kier molecular flexibility index (Phi) is 6.27. The Morgan fingerprint density at radius 1 is 1.16 bits per heavy atom. The van der Waals surface area contributed by atoms with Crippen LogP contribution in [0.4, 0.5) is 0 Å². The molecule has 0 radical (unpaired) electrons. The van der Waals surface area contributed by atoms with Crippen LogP contribution in [0.1, 0.15) is 21.7 Å². The minimum atomic E-state index is -0.686. The number of hydrogen-bond acceptors (Lipinski definition) is 5. The van der Waals surface area contributed by atoms with E-state index >= 15 is 0 Å². The molecule has 2 aliphatic rings. The molecule has 32 heavy (non-hydrogen) atoms. The number of methoxy groups -OCH3 is 1. The second-order valence-corrected chi connectivity index (χ2v) is 8.32. The molecule has 2 aromatic rings. The second kappa shape index (κ2) is 9.12. The second-order valence-electron chi connectivity index (χ2n) is 8.32. The number of nitrogens with zero attached hydrogens (tertiary/aromatic N) is 5. The molecule has 1 aromatic heterocycles. The molecule has 2 atom stereocenters. The molecule has 0 spiro atoms. The fourth-order valence-corrected chi connectivity index (χ4v) is 4.41. The lowest BCUT2D eigenvalue weighted by atomic mass is 9.96. The number of carbonyl (C=O) groups excluding carboxylic acids is 3. The van der Waals surface area contributed by atoms with Gasteiger partial charge in [-0.05, 0) is 18.6 Å². The average Bonchev–Trinajstić information content (AvgIpc) is 3.13. The number of rotatable bonds is 6. The third kappa shape index (κ3) is 4.12. The Morgan fingerprint density at radius 3 is 2.56 bits per heavy atom. The highest BCUT2D eigenvalue weighted by Crippen LogP contribution is 2.26. The van der Waals surface area contributed by atoms with Gasteiger partial charge in [-0.15, -0.1) is 0 Å². The number of hydrogen-bond donors (Lipinski definition) is 0. The summed E-state index contributed by atoms with van der Waals surface area (Å²) in [6.45, 7) is 3.84. The van der Waals surface area contributed by atoms with E-state index in [0.717, 1.165) is 11.3 Å². The quantitative estimate of drug-likeness (QED) is 0.654. The number of benzene rings is 1. The third-order valence-electron chi connectivity index (χ3n) is 6.33. The standard InChI is InChI=1S/C23H29N5O4/c1-16-13-18(24-25(16)2)21(29)28-15-20-22(30)26(11-12-32-3)9-10-27(20)23(31)19(28)14-17-7-5-4-6-8-17/h4-8,13,19-20H,9-12,14-15H2,1-3H3/t19-,20-/m0/s1. The van der Waals surface area contributed by atoms with Crippen LogP contribution < -0.4 is 0 Å². The molecular weight excluding hydrogens is 410 g/mol. The first kappa shape index (κ1) is 22.0. The van der Waals surface area contributed by atoms with E-state index < -0.39 is 12.1 Å². The maximum atomic E-state index is 13.6. The normalized spacial score (nSPS) is 21.2. The first-order valence-corrected chi connectivity index (χ1v) is 10.8. The topological polar surface area (TPSA) is 88.0 Å². The van der Waals surface area contributed by atoms with Gasteiger partial charge in [-0.2, -0.15) is 5.10 Å². The molecule has 0 bridgehead atoms. The Hall–Kier alpha value is -3.20. The molecule has 0 saturated carbocycles. The van der Waals surface area contributed by atoms with Gasteiger partial charge in [0.15, 0.2) is 5.69 Å². The Balaban J connectivity index is 1.65. The van der Waals surface area contributed by atoms with Crippen LogP contribution in [0.3, 0.4) is 0 Å². The smallest absolute Gasteiger partial charge is 0.275 e. The third-order valence-corrected chi connectivity index (χ3v) is 6.33. The molecule has 2 saturated heterocycles. The van der Waals surface area contributed by atoms with Crippen LogP contribution in [0.5, 0.6) is 0 Å². The number of ether oxygens (including phenoxy) is 1. The minimum absolute atomic E-state index is 0.144. The van der Waals surface area contributed by atoms with Gasteiger partial charge in [0.2, 0.25) is 11.8 Å². The summed E-state index contributed by atoms with van der Waals surface area (Å²) >= 11 is 0. The molecule has 9 nitrogen and oxygen atoms in total. The average molecular weight is 440 g/mol. The van der Waals surface area contributed by atoms with Crippen LogP contribution in [-0.4, -0.2) is 94.2 Å². The van der Waals surface area contributed by atoms with Crippen molar-refractivity contribution in [3.8, 4) is 0 Å². The van der Waals surface area contributed by atoms with Gasteiger partial charge in [-0.1, -0.05) is 30.3 Å². The molecule has 9 heteroatoms. The van der Waals surface area contributed by atoms with Crippen LogP contribution in [0, 0.1) is 6.92 Å². The lowest BCUT2D eigenvalue weighted by Gasteiger charge is -2.49. The molecule has 3 amide bonds. The van der Waals surface area contributed by atoms with Gasteiger partial charge in [-0.25, -0.2) is 0 Å². The van der Waals surface area contributed by atoms with E-state index in [1.165, 1.54) is 4.90 Å². The Morgan fingerprint density at radius 2 is 1.91 bits per heavy atom. The van der Waals surface area contributed by atoms with Gasteiger partial charge >= 0.3 is 0 Å². The van der Waals surface area contributed by atoms with Gasteiger partial charge in [-0.3, -0.25) is 19.1 Å². The van der Waals surface area contributed by atoms with Crippen molar-refractivity contribution in [1.82, 2.24) is 24.5 Å². The highest BCUT2D eigenvalue weighted by molar-refractivity contribution is 6.00. The van der Waals surface area contributed by atoms with E-state index in [2.05, 4.69) is 5.10 Å². The van der Waals surface area contributed by atoms with Crippen LogP contribution in [0.2, 0.25) is 0 Å². The van der Waals surface area contributed by atoms with E-state index in [0.29, 0.717) is 32.7 Å². The predicted octanol–water partition coefficient (Wildman–Crippen LogP) is 0.481. The fraction of sp³-hybridized carbons (Fsp3) is 0.478. The summed E-state index contributed by atoms with van der Waals surface area (Å²) < 4.78 is 6.75. The maximum absolute atomic E-state index is 13.6. The van der Waals surface area contributed by atoms with Crippen molar-refractivity contribution in [2.45, 2.75) is 25.4 Å². The van der Waals surface area contributed by atoms with Crippen molar-refractivity contribution in [2.24, 2.45) is 7.05 Å². The summed E-state index contributed by atoms with van der Waals surface area (Å²) in [5, 5.41) is 4.32. The molecular formula is C23H29N5O4. The van der Waals surface area contributed by atoms with Crippen molar-refractivity contribution in [2.75, 3.05) is 39.9 Å². The molecule has 4 rings (SSSR count). The maximum Gasteiger partial charge on any atom is 0.275 e. The molecule has 2 fully saturated rings. The lowest BCUT2D eigenvalue weighted by molar-refractivity contribution is -0.160. The van der Waals surface area contributed by atoms with Gasteiger partial charge in [0.1, 0.15) is 12.1 Å². The van der Waals surface area contributed by atoms with Crippen LogP contribution >= 0.6 is 0 Å². The predicted molar refractivity (Wildman–Crippen MR) is 117 cm³/mol. The zero-order valence-electron chi connectivity index (χ0n) is 18.7. The fourth-order valence-electron chi connectivity index (χ4n) is 4.41. The van der Waals surface area contributed by atoms with E-state index in [1.807, 2.05) is 37.3 Å². The first-order valence-electron chi connectivity index (χ1n) is 10.8. The van der Waals surface area contributed by atoms with E-state index in [9.17, 15) is 14.4 Å². The van der Waals surface area contributed by atoms with Gasteiger partial charge in [0.25, 0.3) is 5.91 Å². The molecule has 170 valence electrons. The lowest BCUT2D eigenvalue weighted by Crippen LogP contribution is -2.70. The van der Waals surface area contributed by atoms with Crippen LogP contribution in [0.25, 0.3) is 0 Å². The zero-order valence-corrected chi connectivity index (χ0v) is 18.7. The Labute approximate surface area is 187 Å². The Bertz CT molecular complexity index is 986. The molecule has 0 aliphatic carbocycles. The number of aromatic nitrogens is 2. The summed E-state index contributed by atoms with van der Waals surface area (Å²) in [4.78, 5) is 45.1. The van der Waals surface area contributed by atoms with Crippen molar-refractivity contribution < 1.29 is 19.1 Å². The minimum Gasteiger partial charge on any atom is -0.383 e. The number of piperazine rings is 2. The summed E-state index contributed by atoms with van der Waals surface area (Å²) in [5.41, 5.74) is 2.09. The van der Waals surface area contributed by atoms with Crippen LogP contribution in [0.15, 0.2) is 36.4 Å². The SMILES string of the molecule is COCCN1CCN2C(=O)[C@H](Cc3ccccc3)N(C(=O)c3cc(C)n(C)n3)C[C@H]2C1=O. The van der Waals surface area contributed by atoms with Crippen LogP contribution in [-0.2, 0) is 27.8 Å². The van der Waals surface area contributed by atoms with Gasteiger partial charge < -0.3 is 19.4 Å². The number of carbonyl (C=O) groups is 3. The van der Waals surface area contributed by atoms with Gasteiger partial charge in [0, 0.05) is 45.9 Å². The van der Waals surface area contributed by atoms with E-state index in [-0.39, 0.29) is 30.0 Å². The summed E-state index contributed by atoms with van der Waals surface area (Å²) in [7, 11) is 3.36. The summed E-state index contributed by atoms with van der Waals surface area (Å²) in [6.07, 6.45) is 0.391. The molecule has 2 aliphatic heterocycles. The molecule has 0 N–H and O–H groups in total. The zero-order chi connectivity index (χ0) is 22.8. The van der Waals surface area contributed by atoms with Crippen molar-refractivity contribution in [3.05, 3.63) is 53.3 Å².